The van der Waals surface area contributed by atoms with Gasteiger partial charge in [-0.1, -0.05) is 24.3 Å². The third-order valence-corrected chi connectivity index (χ3v) is 18.6. The Labute approximate surface area is 475 Å². The molecule has 0 radical (unpaired) electrons. The molecule has 83 heavy (non-hydrogen) atoms. The number of piperazine rings is 2. The molecule has 4 atom stereocenters. The Hall–Kier alpha value is -8.41. The Morgan fingerprint density at radius 1 is 0.578 bits per heavy atom. The minimum atomic E-state index is -3.90. The van der Waals surface area contributed by atoms with Crippen molar-refractivity contribution >= 4 is 68.5 Å². The molecule has 2 spiro atoms. The smallest absolute Gasteiger partial charge is 0.244 e. The van der Waals surface area contributed by atoms with Crippen molar-refractivity contribution in [2.75, 3.05) is 60.7 Å². The Balaban J connectivity index is 0.000000174. The molecule has 23 heteroatoms. The number of benzene rings is 4. The van der Waals surface area contributed by atoms with Gasteiger partial charge in [0.25, 0.3) is 0 Å². The third-order valence-electron chi connectivity index (χ3n) is 17.2. The molecule has 2 aromatic heterocycles. The summed E-state index contributed by atoms with van der Waals surface area (Å²) < 4.78 is 82.7. The lowest BCUT2D eigenvalue weighted by Crippen LogP contribution is -2.65. The van der Waals surface area contributed by atoms with E-state index in [0.29, 0.717) is 61.3 Å². The largest absolute Gasteiger partial charge is 0.325 e. The normalized spacial score (nSPS) is 23.0. The molecule has 6 aliphatic rings. The summed E-state index contributed by atoms with van der Waals surface area (Å²) in [4.78, 5) is 92.7. The highest BCUT2D eigenvalue weighted by atomic mass is 32.2. The first-order valence-electron chi connectivity index (χ1n) is 26.8. The van der Waals surface area contributed by atoms with Crippen LogP contribution < -0.4 is 21.3 Å². The average molecular weight is 1160 g/mol. The summed E-state index contributed by atoms with van der Waals surface area (Å²) in [6.07, 6.45) is 6.15. The van der Waals surface area contributed by atoms with Crippen LogP contribution in [0.4, 0.5) is 40.6 Å². The summed E-state index contributed by atoms with van der Waals surface area (Å²) in [5.41, 5.74) is 2.87. The van der Waals surface area contributed by atoms with Crippen LogP contribution in [-0.2, 0) is 75.3 Å². The van der Waals surface area contributed by atoms with E-state index in [0.717, 1.165) is 67.0 Å². The highest BCUT2D eigenvalue weighted by Gasteiger charge is 2.54. The number of likely N-dealkylation sites (N-methyl/N-ethyl adjacent to an activating group) is 1. The van der Waals surface area contributed by atoms with Crippen LogP contribution in [0, 0.1) is 23.3 Å². The predicted octanol–water partition coefficient (Wildman–Crippen LogP) is 6.49. The average Bonchev–Trinajstić information content (AvgIpc) is 2.61. The molecule has 2 aliphatic carbocycles. The predicted molar refractivity (Wildman–Crippen MR) is 298 cm³/mol. The van der Waals surface area contributed by atoms with Gasteiger partial charge in [0.05, 0.1) is 34.7 Å². The number of nitrogens with one attached hydrogen (secondary N) is 4. The molecule has 0 bridgehead atoms. The van der Waals surface area contributed by atoms with Crippen molar-refractivity contribution in [3.63, 3.8) is 0 Å². The Bertz CT molecular complexity index is 3840. The van der Waals surface area contributed by atoms with E-state index in [1.807, 2.05) is 41.3 Å². The van der Waals surface area contributed by atoms with Gasteiger partial charge in [-0.05, 0) is 154 Å². The summed E-state index contributed by atoms with van der Waals surface area (Å²) in [6.45, 7) is 5.57. The van der Waals surface area contributed by atoms with Crippen molar-refractivity contribution in [2.24, 2.45) is 0 Å². The van der Waals surface area contributed by atoms with Crippen molar-refractivity contribution in [2.45, 2.75) is 87.4 Å². The molecule has 2 fully saturated rings. The number of nitrogens with zero attached hydrogens (tertiary/aromatic N) is 6. The van der Waals surface area contributed by atoms with Crippen LogP contribution in [0.15, 0.2) is 109 Å². The molecule has 6 heterocycles. The molecule has 4 unspecified atom stereocenters. The fraction of sp³-hybridized carbons (Fsp3) is 0.333. The van der Waals surface area contributed by atoms with E-state index < -0.39 is 91.5 Å². The molecule has 18 nitrogen and oxygen atoms in total. The fourth-order valence-electron chi connectivity index (χ4n) is 12.7. The standard InChI is InChI=1S/C30H29F2N5O5S.C30H29F2N5O3/c1-29(2)28(40)36(24(15-37(29)43(3,41)42)18-9-20(31)12-21(32)10-18)16-25(38)34-22-7-6-17-13-30(14-19(17)11-22)23-5-4-8-33-26(23)35-27(30)39;1-29(2)28(40)37(24(15-36(29)3)18-9-20(31)12-21(32)10-18)16-25(38)34-22-7-6-17-13-30(14-19(17)11-22)23-5-4-8-33-26(23)35-27(30)39/h4-12,24H,13-16H2,1-3H3,(H,34,38)(H,33,35,39);4-12,24H,13-16H2,1-3H3,(H,34,38)(H,33,35,39). The van der Waals surface area contributed by atoms with Crippen LogP contribution in [0.3, 0.4) is 0 Å². The molecule has 4 N–H and O–H groups in total. The van der Waals surface area contributed by atoms with Gasteiger partial charge in [-0.15, -0.1) is 0 Å². The van der Waals surface area contributed by atoms with Gasteiger partial charge in [0.15, 0.2) is 0 Å². The molecule has 2 saturated heterocycles. The molecule has 6 amide bonds. The summed E-state index contributed by atoms with van der Waals surface area (Å²) in [7, 11) is -2.13. The number of carbonyl (C=O) groups is 6. The van der Waals surface area contributed by atoms with Crippen molar-refractivity contribution < 1.29 is 54.7 Å². The van der Waals surface area contributed by atoms with Crippen molar-refractivity contribution in [3.8, 4) is 0 Å². The Morgan fingerprint density at radius 3 is 1.40 bits per heavy atom. The molecule has 6 aromatic rings. The van der Waals surface area contributed by atoms with Crippen LogP contribution in [0.25, 0.3) is 0 Å². The van der Waals surface area contributed by atoms with Gasteiger partial charge in [0.2, 0.25) is 45.5 Å². The van der Waals surface area contributed by atoms with Gasteiger partial charge in [-0.25, -0.2) is 35.9 Å². The van der Waals surface area contributed by atoms with E-state index >= 15 is 0 Å². The van der Waals surface area contributed by atoms with Gasteiger partial charge < -0.3 is 31.1 Å². The minimum absolute atomic E-state index is 0.0234. The first-order chi connectivity index (χ1) is 39.2. The van der Waals surface area contributed by atoms with E-state index in [4.69, 9.17) is 0 Å². The van der Waals surface area contributed by atoms with Crippen molar-refractivity contribution in [3.05, 3.63) is 177 Å². The molecule has 4 aromatic carbocycles. The van der Waals surface area contributed by atoms with Gasteiger partial charge >= 0.3 is 0 Å². The van der Waals surface area contributed by atoms with Crippen LogP contribution in [0.1, 0.15) is 84.3 Å². The lowest BCUT2D eigenvalue weighted by Gasteiger charge is -2.48. The zero-order valence-electron chi connectivity index (χ0n) is 46.1. The quantitative estimate of drug-likeness (QED) is 0.115. The molecule has 430 valence electrons. The number of fused-ring (bicyclic) bond motifs is 6. The van der Waals surface area contributed by atoms with Crippen LogP contribution in [-0.4, -0.2) is 123 Å². The topological polar surface area (TPSA) is 223 Å². The van der Waals surface area contributed by atoms with E-state index in [1.54, 1.807) is 57.6 Å². The third kappa shape index (κ3) is 10.1. The van der Waals surface area contributed by atoms with Crippen LogP contribution >= 0.6 is 0 Å². The number of sulfonamides is 1. The maximum Gasteiger partial charge on any atom is 0.244 e. The zero-order chi connectivity index (χ0) is 59.3. The van der Waals surface area contributed by atoms with Crippen molar-refractivity contribution in [1.29, 1.82) is 0 Å². The second-order valence-electron chi connectivity index (χ2n) is 23.2. The van der Waals surface area contributed by atoms with E-state index in [9.17, 15) is 54.7 Å². The van der Waals surface area contributed by atoms with E-state index in [-0.39, 0.29) is 41.9 Å². The van der Waals surface area contributed by atoms with Gasteiger partial charge in [0, 0.05) is 60.1 Å². The zero-order valence-corrected chi connectivity index (χ0v) is 46.9. The summed E-state index contributed by atoms with van der Waals surface area (Å²) in [6, 6.07) is 22.4. The van der Waals surface area contributed by atoms with Crippen LogP contribution in [0.2, 0.25) is 0 Å². The molecule has 0 saturated carbocycles. The first kappa shape index (κ1) is 56.5. The summed E-state index contributed by atoms with van der Waals surface area (Å²) >= 11 is 0. The van der Waals surface area contributed by atoms with Crippen LogP contribution in [0.5, 0.6) is 0 Å². The lowest BCUT2D eigenvalue weighted by atomic mass is 9.79. The van der Waals surface area contributed by atoms with E-state index in [2.05, 4.69) is 31.2 Å². The minimum Gasteiger partial charge on any atom is -0.325 e. The Morgan fingerprint density at radius 2 is 0.976 bits per heavy atom. The second kappa shape index (κ2) is 20.5. The highest BCUT2D eigenvalue weighted by molar-refractivity contribution is 7.88. The second-order valence-corrected chi connectivity index (χ2v) is 25.1. The lowest BCUT2D eigenvalue weighted by molar-refractivity contribution is -0.154. The van der Waals surface area contributed by atoms with Gasteiger partial charge in [-0.3, -0.25) is 33.7 Å². The van der Waals surface area contributed by atoms with Crippen molar-refractivity contribution in [1.82, 2.24) is 29.0 Å². The number of halogens is 4. The summed E-state index contributed by atoms with van der Waals surface area (Å²) in [5.74, 6) is -4.39. The number of anilines is 4. The summed E-state index contributed by atoms with van der Waals surface area (Å²) in [5, 5.41) is 11.4. The number of carbonyl (C=O) groups excluding carboxylic acids is 6. The SMILES string of the molecule is CC1(C)C(=O)N(CC(=O)Nc2ccc3c(c2)CC2(C3)C(=O)Nc3ncccc32)C(c2cc(F)cc(F)c2)CN1S(C)(=O)=O.CN1CC(c2cc(F)cc(F)c2)N(CC(=O)Nc2ccc3c(c2)CC2(C3)C(=O)Nc3ncccc32)C(=O)C1(C)C. The molecular weight excluding hydrogens is 1100 g/mol. The maximum absolute atomic E-state index is 14.2. The monoisotopic (exact) mass is 1150 g/mol. The Kier molecular flexibility index (Phi) is 13.9. The number of rotatable bonds is 9. The number of hydrogen-bond acceptors (Lipinski definition) is 11. The van der Waals surface area contributed by atoms with E-state index in [1.165, 1.54) is 30.9 Å². The first-order valence-corrected chi connectivity index (χ1v) is 28.6. The number of amides is 6. The fourth-order valence-corrected chi connectivity index (χ4v) is 14.1. The molecule has 12 rings (SSSR count). The maximum atomic E-state index is 14.2. The number of pyridine rings is 2. The van der Waals surface area contributed by atoms with Gasteiger partial charge in [-0.2, -0.15) is 4.31 Å². The van der Waals surface area contributed by atoms with Gasteiger partial charge in [0.1, 0.15) is 53.5 Å². The highest BCUT2D eigenvalue weighted by Crippen LogP contribution is 2.49. The number of hydrogen-bond donors (Lipinski definition) is 4. The molecular formula is C60H58F4N10O8S. The number of aromatic nitrogens is 2. The molecule has 4 aliphatic heterocycles.